The number of sulfonamides is 1. The minimum absolute atomic E-state index is 0.0268. The molecule has 2 heterocycles. The fourth-order valence-electron chi connectivity index (χ4n) is 3.79. The van der Waals surface area contributed by atoms with E-state index in [1.54, 1.807) is 72.1 Å². The van der Waals surface area contributed by atoms with Crippen molar-refractivity contribution in [2.24, 2.45) is 0 Å². The predicted octanol–water partition coefficient (Wildman–Crippen LogP) is 4.98. The fourth-order valence-corrected chi connectivity index (χ4v) is 5.74. The summed E-state index contributed by atoms with van der Waals surface area (Å²) >= 11 is 7.61. The number of carbonyl (C=O) groups is 1. The number of hydrogen-bond acceptors (Lipinski definition) is 6. The van der Waals surface area contributed by atoms with E-state index in [9.17, 15) is 13.2 Å². The van der Waals surface area contributed by atoms with Crippen molar-refractivity contribution in [2.75, 3.05) is 0 Å². The third-order valence-corrected chi connectivity index (χ3v) is 8.32. The zero-order valence-corrected chi connectivity index (χ0v) is 22.2. The van der Waals surface area contributed by atoms with E-state index < -0.39 is 10.0 Å². The first kappa shape index (κ1) is 25.8. The molecule has 2 aromatic heterocycles. The number of benzene rings is 3. The standard InChI is InChI=1S/C27H22ClN5O3S2/c28-21-13-11-19(12-14-21)26(25-10-5-15-37-25)30-27(34)20-6-4-7-23(16-20)33-18-22(31-32-33)17-29-38(35,36)24-8-2-1-3-9-24/h1-16,18,26,29H,17H2,(H,30,34). The summed E-state index contributed by atoms with van der Waals surface area (Å²) in [7, 11) is -3.67. The number of nitrogens with zero attached hydrogens (tertiary/aromatic N) is 3. The number of halogens is 1. The highest BCUT2D eigenvalue weighted by Crippen LogP contribution is 2.27. The van der Waals surface area contributed by atoms with E-state index in [4.69, 9.17) is 11.6 Å². The molecule has 3 aromatic carbocycles. The zero-order chi connectivity index (χ0) is 26.5. The van der Waals surface area contributed by atoms with Gasteiger partial charge in [0, 0.05) is 15.5 Å². The van der Waals surface area contributed by atoms with Gasteiger partial charge in [-0.25, -0.2) is 17.8 Å². The molecule has 0 spiro atoms. The van der Waals surface area contributed by atoms with Crippen molar-refractivity contribution in [1.82, 2.24) is 25.0 Å². The zero-order valence-electron chi connectivity index (χ0n) is 19.9. The average molecular weight is 564 g/mol. The van der Waals surface area contributed by atoms with Gasteiger partial charge in [-0.05, 0) is 59.5 Å². The van der Waals surface area contributed by atoms with Gasteiger partial charge in [-0.1, -0.05) is 59.3 Å². The molecule has 0 saturated carbocycles. The summed E-state index contributed by atoms with van der Waals surface area (Å²) in [6, 6.07) is 26.0. The summed E-state index contributed by atoms with van der Waals surface area (Å²) in [5.74, 6) is -0.254. The minimum atomic E-state index is -3.67. The Bertz CT molecular complexity index is 1640. The molecule has 0 radical (unpaired) electrons. The van der Waals surface area contributed by atoms with Crippen LogP contribution in [0.2, 0.25) is 5.02 Å². The largest absolute Gasteiger partial charge is 0.340 e. The number of nitrogens with one attached hydrogen (secondary N) is 2. The molecule has 192 valence electrons. The van der Waals surface area contributed by atoms with Gasteiger partial charge in [-0.3, -0.25) is 4.79 Å². The fraction of sp³-hybridized carbons (Fsp3) is 0.0741. The predicted molar refractivity (Wildman–Crippen MR) is 147 cm³/mol. The van der Waals surface area contributed by atoms with Crippen LogP contribution in [0, 0.1) is 0 Å². The van der Waals surface area contributed by atoms with Crippen LogP contribution < -0.4 is 10.0 Å². The first-order chi connectivity index (χ1) is 18.4. The average Bonchev–Trinajstić information content (AvgIpc) is 3.65. The summed E-state index contributed by atoms with van der Waals surface area (Å²) in [4.78, 5) is 14.4. The summed E-state index contributed by atoms with van der Waals surface area (Å²) < 4.78 is 29.0. The molecular formula is C27H22ClN5O3S2. The second kappa shape index (κ2) is 11.3. The molecule has 0 bridgehead atoms. The summed E-state index contributed by atoms with van der Waals surface area (Å²) in [5.41, 5.74) is 2.40. The van der Waals surface area contributed by atoms with E-state index in [1.165, 1.54) is 16.8 Å². The Morgan fingerprint density at radius 3 is 2.50 bits per heavy atom. The normalized spacial score (nSPS) is 12.2. The molecule has 5 rings (SSSR count). The van der Waals surface area contributed by atoms with E-state index >= 15 is 0 Å². The van der Waals surface area contributed by atoms with Crippen molar-refractivity contribution >= 4 is 38.9 Å². The summed E-state index contributed by atoms with van der Waals surface area (Å²) in [5, 5.41) is 13.9. The SMILES string of the molecule is O=C(NC(c1ccc(Cl)cc1)c1cccs1)c1cccc(-n2cc(CNS(=O)(=O)c3ccccc3)nn2)c1. The number of carbonyl (C=O) groups excluding carboxylic acids is 1. The van der Waals surface area contributed by atoms with Crippen LogP contribution >= 0.6 is 22.9 Å². The molecule has 0 aliphatic rings. The Morgan fingerprint density at radius 2 is 1.76 bits per heavy atom. The Balaban J connectivity index is 1.31. The van der Waals surface area contributed by atoms with Crippen LogP contribution in [-0.2, 0) is 16.6 Å². The maximum Gasteiger partial charge on any atom is 0.252 e. The summed E-state index contributed by atoms with van der Waals surface area (Å²) in [6.07, 6.45) is 1.62. The third kappa shape index (κ3) is 6.00. The van der Waals surface area contributed by atoms with Crippen LogP contribution in [0.15, 0.2) is 107 Å². The van der Waals surface area contributed by atoms with Crippen LogP contribution in [0.4, 0.5) is 0 Å². The van der Waals surface area contributed by atoms with Crippen molar-refractivity contribution < 1.29 is 13.2 Å². The Hall–Kier alpha value is -3.83. The van der Waals surface area contributed by atoms with Crippen LogP contribution in [0.3, 0.4) is 0 Å². The van der Waals surface area contributed by atoms with E-state index in [2.05, 4.69) is 20.4 Å². The van der Waals surface area contributed by atoms with Gasteiger partial charge in [-0.15, -0.1) is 16.4 Å². The summed E-state index contributed by atoms with van der Waals surface area (Å²) in [6.45, 7) is -0.0268. The molecule has 11 heteroatoms. The highest BCUT2D eigenvalue weighted by molar-refractivity contribution is 7.89. The topological polar surface area (TPSA) is 106 Å². The molecular weight excluding hydrogens is 542 g/mol. The molecule has 38 heavy (non-hydrogen) atoms. The minimum Gasteiger partial charge on any atom is -0.340 e. The van der Waals surface area contributed by atoms with Crippen molar-refractivity contribution in [2.45, 2.75) is 17.5 Å². The number of thiophene rings is 1. The molecule has 2 N–H and O–H groups in total. The lowest BCUT2D eigenvalue weighted by Gasteiger charge is -2.18. The van der Waals surface area contributed by atoms with Gasteiger partial charge in [0.05, 0.1) is 35.1 Å². The lowest BCUT2D eigenvalue weighted by Crippen LogP contribution is -2.28. The highest BCUT2D eigenvalue weighted by Gasteiger charge is 2.20. The van der Waals surface area contributed by atoms with Crippen LogP contribution in [0.1, 0.15) is 32.5 Å². The lowest BCUT2D eigenvalue weighted by molar-refractivity contribution is 0.0943. The van der Waals surface area contributed by atoms with Crippen molar-refractivity contribution in [3.63, 3.8) is 0 Å². The van der Waals surface area contributed by atoms with E-state index in [1.807, 2.05) is 29.6 Å². The van der Waals surface area contributed by atoms with Gasteiger partial charge in [-0.2, -0.15) is 0 Å². The van der Waals surface area contributed by atoms with Gasteiger partial charge >= 0.3 is 0 Å². The van der Waals surface area contributed by atoms with Crippen LogP contribution in [0.25, 0.3) is 5.69 Å². The molecule has 1 unspecified atom stereocenters. The third-order valence-electron chi connectivity index (χ3n) is 5.72. The van der Waals surface area contributed by atoms with Crippen molar-refractivity contribution in [3.05, 3.63) is 129 Å². The Kier molecular flexibility index (Phi) is 7.66. The van der Waals surface area contributed by atoms with Gasteiger partial charge in [0.25, 0.3) is 5.91 Å². The van der Waals surface area contributed by atoms with Crippen LogP contribution in [-0.4, -0.2) is 29.3 Å². The monoisotopic (exact) mass is 563 g/mol. The molecule has 0 aliphatic carbocycles. The second-order valence-corrected chi connectivity index (χ2v) is 11.5. The van der Waals surface area contributed by atoms with E-state index in [-0.39, 0.29) is 23.4 Å². The van der Waals surface area contributed by atoms with Gasteiger partial charge in [0.2, 0.25) is 10.0 Å². The van der Waals surface area contributed by atoms with Gasteiger partial charge in [0.15, 0.2) is 0 Å². The van der Waals surface area contributed by atoms with E-state index in [0.717, 1.165) is 10.4 Å². The number of amides is 1. The Labute approximate surface area is 229 Å². The smallest absolute Gasteiger partial charge is 0.252 e. The first-order valence-corrected chi connectivity index (χ1v) is 14.3. The molecule has 8 nitrogen and oxygen atoms in total. The molecule has 1 atom stereocenters. The maximum atomic E-state index is 13.3. The lowest BCUT2D eigenvalue weighted by atomic mass is 10.0. The maximum absolute atomic E-state index is 13.3. The van der Waals surface area contributed by atoms with E-state index in [0.29, 0.717) is 22.0 Å². The van der Waals surface area contributed by atoms with Crippen molar-refractivity contribution in [3.8, 4) is 5.69 Å². The Morgan fingerprint density at radius 1 is 0.974 bits per heavy atom. The number of hydrogen-bond donors (Lipinski definition) is 2. The molecule has 5 aromatic rings. The molecule has 0 fully saturated rings. The number of aromatic nitrogens is 3. The molecule has 0 aliphatic heterocycles. The van der Waals surface area contributed by atoms with Gasteiger partial charge < -0.3 is 5.32 Å². The highest BCUT2D eigenvalue weighted by atomic mass is 35.5. The van der Waals surface area contributed by atoms with Crippen LogP contribution in [0.5, 0.6) is 0 Å². The quantitative estimate of drug-likeness (QED) is 0.263. The molecule has 0 saturated heterocycles. The number of rotatable bonds is 9. The first-order valence-electron chi connectivity index (χ1n) is 11.6. The van der Waals surface area contributed by atoms with Crippen molar-refractivity contribution in [1.29, 1.82) is 0 Å². The van der Waals surface area contributed by atoms with Gasteiger partial charge in [0.1, 0.15) is 0 Å². The molecule has 1 amide bonds. The second-order valence-electron chi connectivity index (χ2n) is 8.32.